The number of carbonyl (C=O) groups is 1. The van der Waals surface area contributed by atoms with Crippen LogP contribution in [0.4, 0.5) is 5.69 Å². The Bertz CT molecular complexity index is 876. The second-order valence-corrected chi connectivity index (χ2v) is 5.79. The number of rotatable bonds is 6. The number of nitro benzene ring substituents is 1. The number of benzene rings is 3. The second kappa shape index (κ2) is 7.53. The van der Waals surface area contributed by atoms with Crippen molar-refractivity contribution in [2.45, 2.75) is 12.3 Å². The molecular formula is C21H17NO3. The SMILES string of the molecule is O=C(c1ccccc1)C(Cc1ccccc1)c1ccccc1[N+](=O)[O-]. The first-order valence-electron chi connectivity index (χ1n) is 8.03. The number of hydrogen-bond donors (Lipinski definition) is 0. The molecule has 3 aromatic rings. The second-order valence-electron chi connectivity index (χ2n) is 5.79. The fourth-order valence-electron chi connectivity index (χ4n) is 2.95. The molecule has 0 spiro atoms. The third-order valence-corrected chi connectivity index (χ3v) is 4.17. The minimum absolute atomic E-state index is 0.0206. The Hall–Kier alpha value is -3.27. The summed E-state index contributed by atoms with van der Waals surface area (Å²) in [4.78, 5) is 24.1. The van der Waals surface area contributed by atoms with Crippen molar-refractivity contribution in [2.24, 2.45) is 0 Å². The maximum absolute atomic E-state index is 13.1. The first kappa shape index (κ1) is 16.6. The summed E-state index contributed by atoms with van der Waals surface area (Å²) in [5.41, 5.74) is 1.95. The zero-order valence-electron chi connectivity index (χ0n) is 13.5. The Labute approximate surface area is 145 Å². The van der Waals surface area contributed by atoms with Crippen molar-refractivity contribution in [3.63, 3.8) is 0 Å². The molecule has 0 aliphatic heterocycles. The zero-order chi connectivity index (χ0) is 17.6. The lowest BCUT2D eigenvalue weighted by Gasteiger charge is -2.17. The van der Waals surface area contributed by atoms with E-state index in [0.717, 1.165) is 5.56 Å². The predicted molar refractivity (Wildman–Crippen MR) is 96.8 cm³/mol. The van der Waals surface area contributed by atoms with E-state index in [2.05, 4.69) is 0 Å². The van der Waals surface area contributed by atoms with Gasteiger partial charge in [-0.2, -0.15) is 0 Å². The molecule has 1 unspecified atom stereocenters. The number of Topliss-reactive ketones (excluding diaryl/α,β-unsaturated/α-hetero) is 1. The maximum atomic E-state index is 13.1. The third kappa shape index (κ3) is 3.80. The molecule has 25 heavy (non-hydrogen) atoms. The summed E-state index contributed by atoms with van der Waals surface area (Å²) in [6.45, 7) is 0. The molecule has 0 fully saturated rings. The third-order valence-electron chi connectivity index (χ3n) is 4.17. The van der Waals surface area contributed by atoms with Gasteiger partial charge in [0.05, 0.1) is 10.8 Å². The van der Waals surface area contributed by atoms with Gasteiger partial charge >= 0.3 is 0 Å². The van der Waals surface area contributed by atoms with Crippen molar-refractivity contribution in [1.29, 1.82) is 0 Å². The Morgan fingerprint density at radius 2 is 1.40 bits per heavy atom. The highest BCUT2D eigenvalue weighted by atomic mass is 16.6. The molecule has 3 aromatic carbocycles. The monoisotopic (exact) mass is 331 g/mol. The Morgan fingerprint density at radius 3 is 2.04 bits per heavy atom. The molecule has 0 bridgehead atoms. The molecule has 4 heteroatoms. The van der Waals surface area contributed by atoms with E-state index >= 15 is 0 Å². The van der Waals surface area contributed by atoms with Crippen molar-refractivity contribution in [1.82, 2.24) is 0 Å². The molecular weight excluding hydrogens is 314 g/mol. The summed E-state index contributed by atoms with van der Waals surface area (Å²) in [6.07, 6.45) is 0.416. The molecule has 0 amide bonds. The Balaban J connectivity index is 2.06. The van der Waals surface area contributed by atoms with Gasteiger partial charge in [-0.15, -0.1) is 0 Å². The summed E-state index contributed by atoms with van der Waals surface area (Å²) < 4.78 is 0. The van der Waals surface area contributed by atoms with Gasteiger partial charge in [0, 0.05) is 17.2 Å². The molecule has 3 rings (SSSR count). The minimum Gasteiger partial charge on any atom is -0.293 e. The lowest BCUT2D eigenvalue weighted by molar-refractivity contribution is -0.385. The van der Waals surface area contributed by atoms with Crippen LogP contribution in [0.15, 0.2) is 84.9 Å². The van der Waals surface area contributed by atoms with E-state index in [1.165, 1.54) is 6.07 Å². The molecule has 4 nitrogen and oxygen atoms in total. The van der Waals surface area contributed by atoms with Gasteiger partial charge in [0.1, 0.15) is 0 Å². The molecule has 0 aliphatic rings. The van der Waals surface area contributed by atoms with Gasteiger partial charge in [0.2, 0.25) is 0 Å². The van der Waals surface area contributed by atoms with Crippen LogP contribution in [0.2, 0.25) is 0 Å². The molecule has 0 heterocycles. The highest BCUT2D eigenvalue weighted by Crippen LogP contribution is 2.32. The molecule has 0 aromatic heterocycles. The van der Waals surface area contributed by atoms with Gasteiger partial charge in [-0.1, -0.05) is 78.9 Å². The fraction of sp³-hybridized carbons (Fsp3) is 0.0952. The highest BCUT2D eigenvalue weighted by Gasteiger charge is 2.28. The Morgan fingerprint density at radius 1 is 0.840 bits per heavy atom. The largest absolute Gasteiger partial charge is 0.293 e. The van der Waals surface area contributed by atoms with Gasteiger partial charge in [0.15, 0.2) is 5.78 Å². The van der Waals surface area contributed by atoms with Crippen LogP contribution in [-0.2, 0) is 6.42 Å². The van der Waals surface area contributed by atoms with Gasteiger partial charge in [0.25, 0.3) is 5.69 Å². The molecule has 0 radical (unpaired) electrons. The number of hydrogen-bond acceptors (Lipinski definition) is 3. The summed E-state index contributed by atoms with van der Waals surface area (Å²) in [5.74, 6) is -0.717. The van der Waals surface area contributed by atoms with E-state index in [1.807, 2.05) is 36.4 Å². The summed E-state index contributed by atoms with van der Waals surface area (Å²) in [5, 5.41) is 11.4. The van der Waals surface area contributed by atoms with Crippen LogP contribution in [0, 0.1) is 10.1 Å². The zero-order valence-corrected chi connectivity index (χ0v) is 13.5. The fourth-order valence-corrected chi connectivity index (χ4v) is 2.95. The van der Waals surface area contributed by atoms with E-state index in [-0.39, 0.29) is 11.5 Å². The first-order valence-corrected chi connectivity index (χ1v) is 8.03. The Kier molecular flexibility index (Phi) is 5.00. The summed E-state index contributed by atoms with van der Waals surface area (Å²) in [7, 11) is 0. The molecule has 0 N–H and O–H groups in total. The lowest BCUT2D eigenvalue weighted by Crippen LogP contribution is -2.17. The average molecular weight is 331 g/mol. The number of para-hydroxylation sites is 1. The molecule has 124 valence electrons. The topological polar surface area (TPSA) is 60.2 Å². The number of ketones is 1. The van der Waals surface area contributed by atoms with Crippen molar-refractivity contribution >= 4 is 11.5 Å². The van der Waals surface area contributed by atoms with Crippen LogP contribution in [0.5, 0.6) is 0 Å². The highest BCUT2D eigenvalue weighted by molar-refractivity contribution is 6.01. The normalized spacial score (nSPS) is 11.7. The van der Waals surface area contributed by atoms with Crippen LogP contribution in [0.3, 0.4) is 0 Å². The minimum atomic E-state index is -0.605. The van der Waals surface area contributed by atoms with Gasteiger partial charge in [-0.05, 0) is 12.0 Å². The molecule has 1 atom stereocenters. The van der Waals surface area contributed by atoms with E-state index in [4.69, 9.17) is 0 Å². The van der Waals surface area contributed by atoms with Crippen LogP contribution >= 0.6 is 0 Å². The van der Waals surface area contributed by atoms with Crippen molar-refractivity contribution in [2.75, 3.05) is 0 Å². The van der Waals surface area contributed by atoms with Crippen LogP contribution < -0.4 is 0 Å². The van der Waals surface area contributed by atoms with Gasteiger partial charge in [-0.25, -0.2) is 0 Å². The van der Waals surface area contributed by atoms with E-state index < -0.39 is 10.8 Å². The van der Waals surface area contributed by atoms with Crippen LogP contribution in [0.1, 0.15) is 27.4 Å². The summed E-state index contributed by atoms with van der Waals surface area (Å²) in [6, 6.07) is 25.0. The predicted octanol–water partition coefficient (Wildman–Crippen LogP) is 4.80. The van der Waals surface area contributed by atoms with Crippen molar-refractivity contribution < 1.29 is 9.72 Å². The quantitative estimate of drug-likeness (QED) is 0.370. The number of carbonyl (C=O) groups excluding carboxylic acids is 1. The molecule has 0 aliphatic carbocycles. The van der Waals surface area contributed by atoms with Crippen molar-refractivity contribution in [3.8, 4) is 0 Å². The van der Waals surface area contributed by atoms with E-state index in [1.54, 1.807) is 42.5 Å². The van der Waals surface area contributed by atoms with Gasteiger partial charge < -0.3 is 0 Å². The first-order chi connectivity index (χ1) is 12.2. The summed E-state index contributed by atoms with van der Waals surface area (Å²) >= 11 is 0. The average Bonchev–Trinajstić information content (AvgIpc) is 2.67. The molecule has 0 saturated heterocycles. The number of nitrogens with zero attached hydrogens (tertiary/aromatic N) is 1. The van der Waals surface area contributed by atoms with Crippen LogP contribution in [-0.4, -0.2) is 10.7 Å². The smallest absolute Gasteiger partial charge is 0.273 e. The lowest BCUT2D eigenvalue weighted by atomic mass is 9.85. The molecule has 0 saturated carbocycles. The van der Waals surface area contributed by atoms with Gasteiger partial charge in [-0.3, -0.25) is 14.9 Å². The number of nitro groups is 1. The van der Waals surface area contributed by atoms with E-state index in [0.29, 0.717) is 17.5 Å². The van der Waals surface area contributed by atoms with E-state index in [9.17, 15) is 14.9 Å². The van der Waals surface area contributed by atoms with Crippen molar-refractivity contribution in [3.05, 3.63) is 112 Å². The standard InChI is InChI=1S/C21H17NO3/c23-21(17-11-5-2-6-12-17)19(15-16-9-3-1-4-10-16)18-13-7-8-14-20(18)22(24)25/h1-14,19H,15H2. The maximum Gasteiger partial charge on any atom is 0.273 e. The van der Waals surface area contributed by atoms with Crippen LogP contribution in [0.25, 0.3) is 0 Å².